The van der Waals surface area contributed by atoms with Crippen LogP contribution in [0.15, 0.2) is 60.7 Å². The van der Waals surface area contributed by atoms with Crippen LogP contribution in [0, 0.1) is 0 Å². The van der Waals surface area contributed by atoms with Crippen LogP contribution in [0.3, 0.4) is 0 Å². The Hall–Kier alpha value is -1.53. The minimum atomic E-state index is -2.70. The highest BCUT2D eigenvalue weighted by atomic mass is 28.4. The van der Waals surface area contributed by atoms with Gasteiger partial charge in [-0.15, -0.1) is 5.04 Å². The summed E-state index contributed by atoms with van der Waals surface area (Å²) in [5.74, 6) is 0. The summed E-state index contributed by atoms with van der Waals surface area (Å²) < 4.78 is 21.1. The Morgan fingerprint density at radius 3 is 1.89 bits per heavy atom. The van der Waals surface area contributed by atoms with Crippen LogP contribution in [0.1, 0.15) is 20.8 Å². The number of nitrogens with zero attached hydrogens (tertiary/aromatic N) is 1. The molecule has 1 aliphatic rings. The third-order valence-electron chi connectivity index (χ3n) is 5.60. The zero-order valence-corrected chi connectivity index (χ0v) is 18.3. The summed E-state index contributed by atoms with van der Waals surface area (Å²) in [6.45, 7) is 10.7. The van der Waals surface area contributed by atoms with Gasteiger partial charge in [0.2, 0.25) is 0 Å². The molecule has 1 aliphatic heterocycles. The summed E-state index contributed by atoms with van der Waals surface area (Å²) in [6, 6.07) is 21.0. The van der Waals surface area contributed by atoms with Crippen molar-refractivity contribution in [2.24, 2.45) is 0 Å². The van der Waals surface area contributed by atoms with Gasteiger partial charge in [0.25, 0.3) is 0 Å². The van der Waals surface area contributed by atoms with E-state index in [1.54, 1.807) is 0 Å². The standard InChI is InChI=1S/C23H33FN2OSi/c1-23(2,3)28(21-10-6-4-7-11-21,22-12-8-5-9-13-22)27-20(18-24)19-26-16-14-25-15-17-26/h4-13,20,25H,14-19H2,1-3H3/q-1/t20-/m0/s1. The van der Waals surface area contributed by atoms with E-state index in [2.05, 4.69) is 79.5 Å². The van der Waals surface area contributed by atoms with Gasteiger partial charge < -0.3 is 9.74 Å². The van der Waals surface area contributed by atoms with Gasteiger partial charge >= 0.3 is 0 Å². The van der Waals surface area contributed by atoms with Crippen LogP contribution < -0.4 is 15.7 Å². The summed E-state index contributed by atoms with van der Waals surface area (Å²) in [5, 5.41) is 5.63. The summed E-state index contributed by atoms with van der Waals surface area (Å²) in [6.07, 6.45) is -0.426. The Balaban J connectivity index is 2.02. The van der Waals surface area contributed by atoms with Gasteiger partial charge in [-0.2, -0.15) is 10.4 Å². The number of alkyl halides is 1. The summed E-state index contributed by atoms with van der Waals surface area (Å²) in [4.78, 5) is 2.32. The number of hydrogen-bond donors (Lipinski definition) is 1. The zero-order valence-electron chi connectivity index (χ0n) is 17.3. The number of piperazine rings is 1. The first-order valence-electron chi connectivity index (χ1n) is 10.3. The lowest BCUT2D eigenvalue weighted by Crippen LogP contribution is -2.68. The molecule has 3 nitrogen and oxygen atoms in total. The third kappa shape index (κ3) is 4.54. The second kappa shape index (κ2) is 9.31. The molecule has 0 aliphatic carbocycles. The van der Waals surface area contributed by atoms with E-state index in [9.17, 15) is 4.39 Å². The molecule has 5 heteroatoms. The van der Waals surface area contributed by atoms with Crippen LogP contribution in [0.25, 0.3) is 0 Å². The van der Waals surface area contributed by atoms with Crippen molar-refractivity contribution in [2.45, 2.75) is 31.9 Å². The quantitative estimate of drug-likeness (QED) is 0.724. The van der Waals surface area contributed by atoms with E-state index in [0.717, 1.165) is 26.2 Å². The predicted octanol–water partition coefficient (Wildman–Crippen LogP) is 2.81. The molecule has 2 aromatic carbocycles. The average Bonchev–Trinajstić information content (AvgIpc) is 2.72. The molecule has 1 heterocycles. The predicted molar refractivity (Wildman–Crippen MR) is 118 cm³/mol. The molecule has 153 valence electrons. The molecule has 0 spiro atoms. The Bertz CT molecular complexity index is 675. The first-order chi connectivity index (χ1) is 13.5. The first-order valence-corrected chi connectivity index (χ1v) is 12.2. The normalized spacial score (nSPS) is 17.4. The molecule has 1 atom stereocenters. The number of nitrogens with one attached hydrogen (secondary N) is 1. The summed E-state index contributed by atoms with van der Waals surface area (Å²) >= 11 is 0. The van der Waals surface area contributed by atoms with Crippen LogP contribution >= 0.6 is 0 Å². The van der Waals surface area contributed by atoms with Crippen LogP contribution in [0.4, 0.5) is 4.39 Å². The molecule has 0 bridgehead atoms. The van der Waals surface area contributed by atoms with Gasteiger partial charge in [0.05, 0.1) is 14.4 Å². The van der Waals surface area contributed by atoms with E-state index in [4.69, 9.17) is 4.43 Å². The average molecular weight is 401 g/mol. The summed E-state index contributed by atoms with van der Waals surface area (Å²) in [5.41, 5.74) is 0. The Kier molecular flexibility index (Phi) is 7.04. The highest BCUT2D eigenvalue weighted by molar-refractivity contribution is 6.99. The molecule has 1 saturated heterocycles. The maximum absolute atomic E-state index is 14.2. The smallest absolute Gasteiger partial charge is 0.113 e. The lowest BCUT2D eigenvalue weighted by atomic mass is 10.2. The van der Waals surface area contributed by atoms with E-state index in [-0.39, 0.29) is 5.04 Å². The van der Waals surface area contributed by atoms with Crippen molar-refractivity contribution in [3.8, 4) is 0 Å². The van der Waals surface area contributed by atoms with Gasteiger partial charge in [-0.3, -0.25) is 4.90 Å². The molecule has 0 amide bonds. The minimum Gasteiger partial charge on any atom is -0.553 e. The number of benzene rings is 2. The van der Waals surface area contributed by atoms with Gasteiger partial charge in [-0.25, -0.2) is 4.39 Å². The van der Waals surface area contributed by atoms with Gasteiger partial charge in [0, 0.05) is 32.7 Å². The monoisotopic (exact) mass is 400 g/mol. The second-order valence-electron chi connectivity index (χ2n) is 8.61. The molecular formula is C23H33FN2OSi-. The van der Waals surface area contributed by atoms with Crippen LogP contribution in [0.5, 0.6) is 0 Å². The SMILES string of the molecule is CC(C)(C)[Si-](O[C@@H](CF)CN1CCNCC1)(c1ccccc1)c1ccccc1. The number of hydrogen-bond acceptors (Lipinski definition) is 3. The summed E-state index contributed by atoms with van der Waals surface area (Å²) in [7, 11) is -2.70. The van der Waals surface area contributed by atoms with Crippen LogP contribution in [0.2, 0.25) is 5.04 Å². The fourth-order valence-electron chi connectivity index (χ4n) is 4.24. The Labute approximate surface area is 170 Å². The first kappa shape index (κ1) is 21.2. The molecule has 1 N–H and O–H groups in total. The maximum atomic E-state index is 14.2. The molecule has 0 saturated carbocycles. The van der Waals surface area contributed by atoms with E-state index in [0.29, 0.717) is 6.54 Å². The lowest BCUT2D eigenvalue weighted by Gasteiger charge is -2.57. The van der Waals surface area contributed by atoms with E-state index in [1.807, 2.05) is 12.1 Å². The van der Waals surface area contributed by atoms with Crippen molar-refractivity contribution in [3.05, 3.63) is 60.7 Å². The van der Waals surface area contributed by atoms with E-state index in [1.165, 1.54) is 10.4 Å². The Morgan fingerprint density at radius 1 is 0.964 bits per heavy atom. The fraction of sp³-hybridized carbons (Fsp3) is 0.478. The zero-order chi connectivity index (χ0) is 20.0. The van der Waals surface area contributed by atoms with Crippen LogP contribution in [-0.2, 0) is 4.43 Å². The molecule has 0 unspecified atom stereocenters. The number of rotatable bonds is 7. The maximum Gasteiger partial charge on any atom is 0.113 e. The lowest BCUT2D eigenvalue weighted by molar-refractivity contribution is 0.0946. The van der Waals surface area contributed by atoms with Crippen molar-refractivity contribution in [1.29, 1.82) is 0 Å². The van der Waals surface area contributed by atoms with Crippen molar-refractivity contribution < 1.29 is 8.82 Å². The molecule has 28 heavy (non-hydrogen) atoms. The minimum absolute atomic E-state index is 0.132. The highest BCUT2D eigenvalue weighted by Crippen LogP contribution is 2.37. The van der Waals surface area contributed by atoms with E-state index >= 15 is 0 Å². The Morgan fingerprint density at radius 2 is 1.46 bits per heavy atom. The third-order valence-corrected chi connectivity index (χ3v) is 10.7. The largest absolute Gasteiger partial charge is 0.553 e. The van der Waals surface area contributed by atoms with Crippen LogP contribution in [-0.4, -0.2) is 58.7 Å². The van der Waals surface area contributed by atoms with E-state index < -0.39 is 21.1 Å². The molecule has 3 rings (SSSR count). The molecule has 0 radical (unpaired) electrons. The molecular weight excluding hydrogens is 367 g/mol. The van der Waals surface area contributed by atoms with Crippen molar-refractivity contribution in [2.75, 3.05) is 39.4 Å². The second-order valence-corrected chi connectivity index (χ2v) is 12.9. The molecule has 1 fully saturated rings. The fourth-order valence-corrected chi connectivity index (χ4v) is 8.89. The van der Waals surface area contributed by atoms with Gasteiger partial charge in [0.15, 0.2) is 0 Å². The van der Waals surface area contributed by atoms with Gasteiger partial charge in [-0.1, -0.05) is 81.4 Å². The van der Waals surface area contributed by atoms with Crippen molar-refractivity contribution in [3.63, 3.8) is 0 Å². The molecule has 0 aromatic heterocycles. The number of halogens is 1. The van der Waals surface area contributed by atoms with Gasteiger partial charge in [0.1, 0.15) is 6.67 Å². The highest BCUT2D eigenvalue weighted by Gasteiger charge is 2.39. The van der Waals surface area contributed by atoms with Gasteiger partial charge in [-0.05, 0) is 0 Å². The molecule has 2 aromatic rings. The van der Waals surface area contributed by atoms with Crippen molar-refractivity contribution in [1.82, 2.24) is 10.2 Å². The van der Waals surface area contributed by atoms with Crippen molar-refractivity contribution >= 4 is 18.7 Å². The topological polar surface area (TPSA) is 24.5 Å².